The summed E-state index contributed by atoms with van der Waals surface area (Å²) >= 11 is 0. The second-order valence-corrected chi connectivity index (χ2v) is 9.30. The van der Waals surface area contributed by atoms with Crippen LogP contribution in [0.5, 0.6) is 0 Å². The van der Waals surface area contributed by atoms with Crippen LogP contribution in [0.2, 0.25) is 0 Å². The maximum atomic E-state index is 8.91. The van der Waals surface area contributed by atoms with Crippen molar-refractivity contribution in [3.8, 4) is 6.07 Å². The number of hydrogen-bond donors (Lipinski definition) is 0. The molecule has 0 aromatic carbocycles. The van der Waals surface area contributed by atoms with E-state index in [2.05, 4.69) is 19.9 Å². The molecule has 0 aromatic rings. The second-order valence-electron chi connectivity index (χ2n) is 9.30. The Morgan fingerprint density at radius 2 is 1.36 bits per heavy atom. The van der Waals surface area contributed by atoms with E-state index in [9.17, 15) is 0 Å². The summed E-state index contributed by atoms with van der Waals surface area (Å²) in [4.78, 5) is 0. The Hall–Kier alpha value is -0.510. The minimum atomic E-state index is 0.710. The van der Waals surface area contributed by atoms with Gasteiger partial charge in [0, 0.05) is 6.42 Å². The Morgan fingerprint density at radius 3 is 1.92 bits per heavy atom. The van der Waals surface area contributed by atoms with Crippen LogP contribution in [0.15, 0.2) is 0 Å². The molecule has 2 aliphatic carbocycles. The maximum absolute atomic E-state index is 8.91. The fourth-order valence-corrected chi connectivity index (χ4v) is 5.87. The van der Waals surface area contributed by atoms with Gasteiger partial charge >= 0.3 is 0 Å². The van der Waals surface area contributed by atoms with Crippen LogP contribution in [-0.4, -0.2) is 0 Å². The van der Waals surface area contributed by atoms with Gasteiger partial charge in [-0.1, -0.05) is 84.5 Å². The molecule has 1 unspecified atom stereocenters. The first-order valence-electron chi connectivity index (χ1n) is 11.6. The Labute approximate surface area is 158 Å². The van der Waals surface area contributed by atoms with Crippen LogP contribution < -0.4 is 0 Å². The zero-order valence-corrected chi connectivity index (χ0v) is 17.1. The predicted octanol–water partition coefficient (Wildman–Crippen LogP) is 7.90. The minimum absolute atomic E-state index is 0.710. The molecular formula is C24H43N. The molecule has 2 rings (SSSR count). The fourth-order valence-electron chi connectivity index (χ4n) is 5.87. The smallest absolute Gasteiger partial charge is 0.0624 e. The number of rotatable bonds is 10. The third-order valence-electron chi connectivity index (χ3n) is 7.45. The summed E-state index contributed by atoms with van der Waals surface area (Å²) in [5, 5.41) is 8.91. The third kappa shape index (κ3) is 7.32. The molecular weight excluding hydrogens is 302 g/mol. The molecule has 25 heavy (non-hydrogen) atoms. The zero-order valence-electron chi connectivity index (χ0n) is 17.1. The summed E-state index contributed by atoms with van der Waals surface area (Å²) in [6, 6.07) is 2.39. The number of nitrogens with zero attached hydrogens (tertiary/aromatic N) is 1. The van der Waals surface area contributed by atoms with Crippen LogP contribution in [0.1, 0.15) is 117 Å². The molecule has 2 fully saturated rings. The lowest BCUT2D eigenvalue weighted by Gasteiger charge is -2.34. The van der Waals surface area contributed by atoms with Crippen LogP contribution in [0.4, 0.5) is 0 Å². The van der Waals surface area contributed by atoms with Gasteiger partial charge in [0.05, 0.1) is 6.07 Å². The molecule has 0 aliphatic heterocycles. The molecule has 2 aliphatic rings. The molecule has 0 spiro atoms. The topological polar surface area (TPSA) is 23.8 Å². The molecule has 0 amide bonds. The van der Waals surface area contributed by atoms with E-state index in [1.165, 1.54) is 96.3 Å². The summed E-state index contributed by atoms with van der Waals surface area (Å²) in [5.74, 6) is 4.75. The molecule has 1 heteroatoms. The molecule has 0 aromatic heterocycles. The van der Waals surface area contributed by atoms with E-state index in [0.29, 0.717) is 5.92 Å². The molecule has 0 bridgehead atoms. The fraction of sp³-hybridized carbons (Fsp3) is 0.958. The van der Waals surface area contributed by atoms with E-state index < -0.39 is 0 Å². The van der Waals surface area contributed by atoms with E-state index >= 15 is 0 Å². The molecule has 0 radical (unpaired) electrons. The normalized spacial score (nSPS) is 31.4. The van der Waals surface area contributed by atoms with E-state index in [1.54, 1.807) is 0 Å². The summed E-state index contributed by atoms with van der Waals surface area (Å²) in [7, 11) is 0. The highest BCUT2D eigenvalue weighted by atomic mass is 14.3. The average Bonchev–Trinajstić information content (AvgIpc) is 2.64. The highest BCUT2D eigenvalue weighted by Crippen LogP contribution is 2.40. The second kappa shape index (κ2) is 12.0. The van der Waals surface area contributed by atoms with E-state index in [-0.39, 0.29) is 0 Å². The van der Waals surface area contributed by atoms with Gasteiger partial charge in [-0.2, -0.15) is 5.26 Å². The minimum Gasteiger partial charge on any atom is -0.198 e. The molecule has 1 atom stereocenters. The zero-order chi connectivity index (χ0) is 17.9. The Morgan fingerprint density at radius 1 is 0.760 bits per heavy atom. The maximum Gasteiger partial charge on any atom is 0.0624 e. The van der Waals surface area contributed by atoms with Crippen molar-refractivity contribution in [1.29, 1.82) is 5.26 Å². The molecule has 2 saturated carbocycles. The largest absolute Gasteiger partial charge is 0.198 e. The van der Waals surface area contributed by atoms with Gasteiger partial charge in [-0.3, -0.25) is 0 Å². The van der Waals surface area contributed by atoms with Crippen molar-refractivity contribution in [2.45, 2.75) is 117 Å². The quantitative estimate of drug-likeness (QED) is 0.394. The van der Waals surface area contributed by atoms with E-state index in [4.69, 9.17) is 5.26 Å². The highest BCUT2D eigenvalue weighted by Gasteiger charge is 2.27. The summed E-state index contributed by atoms with van der Waals surface area (Å²) in [6.45, 7) is 4.71. The van der Waals surface area contributed by atoms with Crippen molar-refractivity contribution >= 4 is 0 Å². The molecule has 0 N–H and O–H groups in total. The van der Waals surface area contributed by atoms with Crippen molar-refractivity contribution in [2.24, 2.45) is 29.6 Å². The molecule has 0 saturated heterocycles. The summed E-state index contributed by atoms with van der Waals surface area (Å²) < 4.78 is 0. The van der Waals surface area contributed by atoms with Gasteiger partial charge in [-0.25, -0.2) is 0 Å². The van der Waals surface area contributed by atoms with Gasteiger partial charge in [0.25, 0.3) is 0 Å². The predicted molar refractivity (Wildman–Crippen MR) is 108 cm³/mol. The van der Waals surface area contributed by atoms with Crippen molar-refractivity contribution in [3.63, 3.8) is 0 Å². The summed E-state index contributed by atoms with van der Waals surface area (Å²) in [5.41, 5.74) is 0. The first-order chi connectivity index (χ1) is 12.3. The average molecular weight is 346 g/mol. The van der Waals surface area contributed by atoms with Gasteiger partial charge in [0.1, 0.15) is 0 Å². The lowest BCUT2D eigenvalue weighted by atomic mass is 9.71. The van der Waals surface area contributed by atoms with E-state index in [0.717, 1.165) is 30.1 Å². The van der Waals surface area contributed by atoms with Crippen molar-refractivity contribution in [3.05, 3.63) is 0 Å². The third-order valence-corrected chi connectivity index (χ3v) is 7.45. The lowest BCUT2D eigenvalue weighted by Crippen LogP contribution is -2.22. The molecule has 1 nitrogen and oxygen atoms in total. The Bertz CT molecular complexity index is 366. The van der Waals surface area contributed by atoms with Gasteiger partial charge in [-0.05, 0) is 55.3 Å². The lowest BCUT2D eigenvalue weighted by molar-refractivity contribution is 0.178. The highest BCUT2D eigenvalue weighted by molar-refractivity contribution is 4.83. The Kier molecular flexibility index (Phi) is 9.97. The van der Waals surface area contributed by atoms with Crippen molar-refractivity contribution in [2.75, 3.05) is 0 Å². The van der Waals surface area contributed by atoms with Gasteiger partial charge in [0.15, 0.2) is 0 Å². The standard InChI is InChI=1S/C24H43N/c1-3-6-20-10-12-21(13-11-20)8-5-9-23(7-4-2)24-16-14-22(15-17-24)18-19-25/h20-24H,3-18H2,1-2H3. The van der Waals surface area contributed by atoms with Gasteiger partial charge < -0.3 is 0 Å². The van der Waals surface area contributed by atoms with Gasteiger partial charge in [-0.15, -0.1) is 0 Å². The van der Waals surface area contributed by atoms with Crippen LogP contribution in [0, 0.1) is 40.9 Å². The van der Waals surface area contributed by atoms with Crippen LogP contribution >= 0.6 is 0 Å². The van der Waals surface area contributed by atoms with Gasteiger partial charge in [0.2, 0.25) is 0 Å². The number of nitriles is 1. The first kappa shape index (κ1) is 20.8. The number of hydrogen-bond acceptors (Lipinski definition) is 1. The van der Waals surface area contributed by atoms with Crippen molar-refractivity contribution < 1.29 is 0 Å². The van der Waals surface area contributed by atoms with Crippen LogP contribution in [-0.2, 0) is 0 Å². The SMILES string of the molecule is CCCC1CCC(CCCC(CCC)C2CCC(CC#N)CC2)CC1. The monoisotopic (exact) mass is 345 g/mol. The van der Waals surface area contributed by atoms with Crippen LogP contribution in [0.25, 0.3) is 0 Å². The molecule has 144 valence electrons. The molecule has 0 heterocycles. The van der Waals surface area contributed by atoms with Crippen LogP contribution in [0.3, 0.4) is 0 Å². The summed E-state index contributed by atoms with van der Waals surface area (Å²) in [6.07, 6.45) is 22.4. The van der Waals surface area contributed by atoms with Crippen molar-refractivity contribution in [1.82, 2.24) is 0 Å². The first-order valence-corrected chi connectivity index (χ1v) is 11.6. The Balaban J connectivity index is 1.65. The van der Waals surface area contributed by atoms with E-state index in [1.807, 2.05) is 0 Å².